The summed E-state index contributed by atoms with van der Waals surface area (Å²) in [5, 5.41) is 0. The predicted octanol–water partition coefficient (Wildman–Crippen LogP) is 18.3. The molecule has 0 saturated carbocycles. The molecule has 0 aliphatic rings. The quantitative estimate of drug-likeness (QED) is 0.0197. The van der Waals surface area contributed by atoms with Crippen molar-refractivity contribution in [3.8, 4) is 0 Å². The third-order valence-corrected chi connectivity index (χ3v) is 13.7. The summed E-state index contributed by atoms with van der Waals surface area (Å²) >= 11 is 0. The van der Waals surface area contributed by atoms with Crippen molar-refractivity contribution < 1.29 is 37.3 Å². The summed E-state index contributed by atoms with van der Waals surface area (Å²) in [5.74, 6) is -0.335. The van der Waals surface area contributed by atoms with E-state index in [1.165, 1.54) is 173 Å². The first-order valence-electron chi connectivity index (χ1n) is 29.7. The van der Waals surface area contributed by atoms with Crippen LogP contribution in [-0.4, -0.2) is 70.7 Å². The Bertz CT molecular complexity index is 1370. The Balaban J connectivity index is 4.06. The number of phosphoric acid groups is 1. The molecule has 0 fully saturated rings. The number of nitrogens with zero attached hydrogens (tertiary/aromatic N) is 1. The Morgan fingerprint density at radius 1 is 0.451 bits per heavy atom. The summed E-state index contributed by atoms with van der Waals surface area (Å²) in [7, 11) is 1.35. The number of quaternary nitrogens is 1. The van der Waals surface area contributed by atoms with Gasteiger partial charge in [0.2, 0.25) is 0 Å². The lowest BCUT2D eigenvalue weighted by atomic mass is 10.0. The maximum atomic E-state index is 12.8. The zero-order valence-electron chi connectivity index (χ0n) is 47.2. The van der Waals surface area contributed by atoms with E-state index >= 15 is 0 Å². The lowest BCUT2D eigenvalue weighted by Crippen LogP contribution is -2.37. The van der Waals surface area contributed by atoms with Gasteiger partial charge in [0.25, 0.3) is 7.82 Å². The predicted molar refractivity (Wildman–Crippen MR) is 305 cm³/mol. The third kappa shape index (κ3) is 58.7. The van der Waals surface area contributed by atoms with Crippen LogP contribution in [0.4, 0.5) is 0 Å². The number of phosphoric ester groups is 1. The van der Waals surface area contributed by atoms with Gasteiger partial charge in [0, 0.05) is 13.0 Å². The summed E-state index contributed by atoms with van der Waals surface area (Å²) in [6, 6.07) is 0. The van der Waals surface area contributed by atoms with Crippen LogP contribution < -0.4 is 4.89 Å². The number of allylic oxidation sites excluding steroid dienone is 12. The van der Waals surface area contributed by atoms with E-state index in [0.29, 0.717) is 24.1 Å². The van der Waals surface area contributed by atoms with Crippen LogP contribution in [0.5, 0.6) is 0 Å². The fraction of sp³-hybridized carbons (Fsp3) is 0.790. The van der Waals surface area contributed by atoms with Crippen LogP contribution >= 0.6 is 7.82 Å². The molecule has 0 aliphatic carbocycles. The second-order valence-corrected chi connectivity index (χ2v) is 22.4. The van der Waals surface area contributed by atoms with E-state index in [4.69, 9.17) is 18.5 Å². The van der Waals surface area contributed by atoms with Crippen molar-refractivity contribution >= 4 is 13.8 Å². The zero-order valence-corrected chi connectivity index (χ0v) is 48.1. The highest BCUT2D eigenvalue weighted by Crippen LogP contribution is 2.38. The highest BCUT2D eigenvalue weighted by atomic mass is 31.2. The summed E-state index contributed by atoms with van der Waals surface area (Å²) in [6.07, 6.45) is 72.3. The molecule has 0 aromatic carbocycles. The van der Waals surface area contributed by atoms with Crippen LogP contribution in [0.15, 0.2) is 72.9 Å². The van der Waals surface area contributed by atoms with Gasteiger partial charge in [-0.25, -0.2) is 0 Å². The largest absolute Gasteiger partial charge is 0.756 e. The zero-order chi connectivity index (χ0) is 51.9. The Kier molecular flexibility index (Phi) is 52.6. The van der Waals surface area contributed by atoms with Gasteiger partial charge < -0.3 is 27.9 Å². The molecule has 9 heteroatoms. The van der Waals surface area contributed by atoms with Gasteiger partial charge in [0.1, 0.15) is 19.3 Å². The van der Waals surface area contributed by atoms with Crippen LogP contribution in [0.25, 0.3) is 0 Å². The van der Waals surface area contributed by atoms with Crippen molar-refractivity contribution in [3.63, 3.8) is 0 Å². The molecule has 0 amide bonds. The number of likely N-dealkylation sites (N-methyl/N-ethyl adjacent to an activating group) is 1. The van der Waals surface area contributed by atoms with Crippen molar-refractivity contribution in [3.05, 3.63) is 72.9 Å². The van der Waals surface area contributed by atoms with Gasteiger partial charge >= 0.3 is 5.97 Å². The molecule has 0 N–H and O–H groups in total. The fourth-order valence-electron chi connectivity index (χ4n) is 8.22. The van der Waals surface area contributed by atoms with E-state index in [1.54, 1.807) is 0 Å². The normalized spacial score (nSPS) is 13.9. The number of unbranched alkanes of at least 4 members (excludes halogenated alkanes) is 29. The molecule has 0 radical (unpaired) electrons. The molecular formula is C62H114NO7P. The van der Waals surface area contributed by atoms with Gasteiger partial charge in [-0.3, -0.25) is 9.36 Å². The molecule has 0 rings (SSSR count). The number of rotatable bonds is 55. The molecule has 0 aromatic heterocycles. The minimum atomic E-state index is -4.54. The number of carbonyl (C=O) groups excluding carboxylic acids is 1. The van der Waals surface area contributed by atoms with Gasteiger partial charge in [-0.2, -0.15) is 0 Å². The number of ether oxygens (including phenoxy) is 2. The lowest BCUT2D eigenvalue weighted by molar-refractivity contribution is -0.870. The molecule has 0 saturated heterocycles. The fourth-order valence-corrected chi connectivity index (χ4v) is 8.95. The van der Waals surface area contributed by atoms with Crippen LogP contribution in [-0.2, 0) is 27.9 Å². The number of esters is 1. The van der Waals surface area contributed by atoms with Gasteiger partial charge in [0.05, 0.1) is 34.4 Å². The summed E-state index contributed by atoms with van der Waals surface area (Å²) in [5.41, 5.74) is 0. The molecule has 0 aliphatic heterocycles. The van der Waals surface area contributed by atoms with Gasteiger partial charge in [-0.1, -0.05) is 241 Å². The van der Waals surface area contributed by atoms with Crippen LogP contribution in [0.3, 0.4) is 0 Å². The maximum Gasteiger partial charge on any atom is 0.306 e. The molecule has 0 aromatic rings. The average molecular weight is 1020 g/mol. The van der Waals surface area contributed by atoms with Crippen molar-refractivity contribution in [2.45, 2.75) is 264 Å². The number of carbonyl (C=O) groups is 1. The SMILES string of the molecule is CC/C=C\C/C=C\C/C=C\C/C=C\CCCCCCCCCCCCCOCC(COP(=O)([O-])OCC[N+](C)(C)C)OC(=O)CCCCCCCCCCCCCCC/C=C\C/C=C\CCCCCCC. The standard InChI is InChI=1S/C62H114NO7P/c1-6-8-10-12-14-16-18-20-22-24-26-28-30-32-33-35-37-39-41-43-45-47-49-51-53-55-62(64)70-61(60-69-71(65,66)68-58-56-63(3,4)5)59-67-57-54-52-50-48-46-44-42-40-38-36-34-31-29-27-25-23-21-19-17-15-13-11-9-7-2/h9,11,15,17-18,20-21,23-24,26-27,29,61H,6-8,10,12-14,16,19,22,25,28,30-60H2,1-5H3/b11-9-,17-15-,20-18-,23-21-,26-24-,29-27-. The number of hydrogen-bond donors (Lipinski definition) is 0. The van der Waals surface area contributed by atoms with Gasteiger partial charge in [0.15, 0.2) is 0 Å². The van der Waals surface area contributed by atoms with E-state index < -0.39 is 13.9 Å². The molecular weight excluding hydrogens is 902 g/mol. The summed E-state index contributed by atoms with van der Waals surface area (Å²) in [4.78, 5) is 25.3. The van der Waals surface area contributed by atoms with Crippen LogP contribution in [0, 0.1) is 0 Å². The minimum Gasteiger partial charge on any atom is -0.756 e. The molecule has 0 spiro atoms. The average Bonchev–Trinajstić information content (AvgIpc) is 3.33. The van der Waals surface area contributed by atoms with E-state index in [9.17, 15) is 14.3 Å². The van der Waals surface area contributed by atoms with Crippen LogP contribution in [0.1, 0.15) is 258 Å². The van der Waals surface area contributed by atoms with E-state index in [-0.39, 0.29) is 25.8 Å². The molecule has 71 heavy (non-hydrogen) atoms. The Labute approximate surface area is 440 Å². The molecule has 2 unspecified atom stereocenters. The highest BCUT2D eigenvalue weighted by Gasteiger charge is 2.20. The molecule has 414 valence electrons. The maximum absolute atomic E-state index is 12.8. The first kappa shape index (κ1) is 68.9. The number of hydrogen-bond acceptors (Lipinski definition) is 7. The van der Waals surface area contributed by atoms with Crippen molar-refractivity contribution in [2.24, 2.45) is 0 Å². The van der Waals surface area contributed by atoms with Crippen molar-refractivity contribution in [1.29, 1.82) is 0 Å². The second kappa shape index (κ2) is 54.2. The first-order chi connectivity index (χ1) is 34.6. The minimum absolute atomic E-state index is 0.0234. The van der Waals surface area contributed by atoms with E-state index in [2.05, 4.69) is 86.8 Å². The van der Waals surface area contributed by atoms with Crippen molar-refractivity contribution in [2.75, 3.05) is 54.1 Å². The molecule has 8 nitrogen and oxygen atoms in total. The third-order valence-electron chi connectivity index (χ3n) is 12.7. The van der Waals surface area contributed by atoms with Gasteiger partial charge in [-0.15, -0.1) is 0 Å². The summed E-state index contributed by atoms with van der Waals surface area (Å²) < 4.78 is 34.9. The van der Waals surface area contributed by atoms with E-state index in [0.717, 1.165) is 64.2 Å². The van der Waals surface area contributed by atoms with Gasteiger partial charge in [-0.05, 0) is 83.5 Å². The Morgan fingerprint density at radius 2 is 0.817 bits per heavy atom. The first-order valence-corrected chi connectivity index (χ1v) is 31.1. The van der Waals surface area contributed by atoms with Crippen molar-refractivity contribution in [1.82, 2.24) is 0 Å². The van der Waals surface area contributed by atoms with Crippen LogP contribution in [0.2, 0.25) is 0 Å². The Morgan fingerprint density at radius 3 is 1.23 bits per heavy atom. The molecule has 0 heterocycles. The molecule has 2 atom stereocenters. The lowest BCUT2D eigenvalue weighted by Gasteiger charge is -2.28. The topological polar surface area (TPSA) is 94.1 Å². The second-order valence-electron chi connectivity index (χ2n) is 21.0. The summed E-state index contributed by atoms with van der Waals surface area (Å²) in [6.45, 7) is 5.31. The smallest absolute Gasteiger partial charge is 0.306 e. The van der Waals surface area contributed by atoms with E-state index in [1.807, 2.05) is 21.1 Å². The highest BCUT2D eigenvalue weighted by molar-refractivity contribution is 7.45. The monoisotopic (exact) mass is 1020 g/mol. The Hall–Kier alpha value is -2.06. The molecule has 0 bridgehead atoms.